The van der Waals surface area contributed by atoms with E-state index in [0.29, 0.717) is 24.0 Å². The molecule has 154 valence electrons. The van der Waals surface area contributed by atoms with Gasteiger partial charge >= 0.3 is 0 Å². The largest absolute Gasteiger partial charge is 0.494 e. The van der Waals surface area contributed by atoms with Crippen LogP contribution in [-0.2, 0) is 16.6 Å². The molecule has 5 nitrogen and oxygen atoms in total. The van der Waals surface area contributed by atoms with Crippen LogP contribution < -0.4 is 15.4 Å². The van der Waals surface area contributed by atoms with Crippen LogP contribution in [0.5, 0.6) is 5.75 Å². The lowest BCUT2D eigenvalue weighted by Gasteiger charge is -2.18. The van der Waals surface area contributed by atoms with Gasteiger partial charge in [-0.1, -0.05) is 36.4 Å². The van der Waals surface area contributed by atoms with Crippen molar-refractivity contribution in [2.45, 2.75) is 18.7 Å². The molecule has 8 heteroatoms. The summed E-state index contributed by atoms with van der Waals surface area (Å²) in [7, 11) is 2.15. The number of methoxy groups -OCH3 is 1. The maximum atomic E-state index is 13.9. The maximum Gasteiger partial charge on any atom is 0.191 e. The van der Waals surface area contributed by atoms with Crippen LogP contribution in [-0.4, -0.2) is 36.6 Å². The second-order valence-corrected chi connectivity index (χ2v) is 7.61. The third kappa shape index (κ3) is 7.75. The topological polar surface area (TPSA) is 62.7 Å². The minimum absolute atomic E-state index is 0. The van der Waals surface area contributed by atoms with Crippen molar-refractivity contribution in [2.75, 3.05) is 26.5 Å². The van der Waals surface area contributed by atoms with Gasteiger partial charge in [0.15, 0.2) is 17.5 Å². The number of guanidine groups is 1. The average Bonchev–Trinajstić information content (AvgIpc) is 2.67. The Kier molecular flexibility index (Phi) is 11.1. The molecule has 2 rings (SSSR count). The van der Waals surface area contributed by atoms with Gasteiger partial charge < -0.3 is 15.4 Å². The van der Waals surface area contributed by atoms with E-state index in [2.05, 4.69) is 15.6 Å². The molecule has 2 aromatic rings. The van der Waals surface area contributed by atoms with E-state index in [0.717, 1.165) is 11.1 Å². The molecule has 2 atom stereocenters. The van der Waals surface area contributed by atoms with E-state index < -0.39 is 16.6 Å². The van der Waals surface area contributed by atoms with Crippen molar-refractivity contribution < 1.29 is 13.3 Å². The number of benzene rings is 2. The van der Waals surface area contributed by atoms with Gasteiger partial charge in [-0.25, -0.2) is 4.39 Å². The molecule has 0 aliphatic rings. The van der Waals surface area contributed by atoms with Gasteiger partial charge in [-0.2, -0.15) is 0 Å². The molecule has 0 fully saturated rings. The van der Waals surface area contributed by atoms with E-state index in [1.807, 2.05) is 43.3 Å². The van der Waals surface area contributed by atoms with Crippen molar-refractivity contribution in [3.8, 4) is 5.75 Å². The summed E-state index contributed by atoms with van der Waals surface area (Å²) in [4.78, 5) is 4.17. The lowest BCUT2D eigenvalue weighted by molar-refractivity contribution is 0.386. The first-order valence-electron chi connectivity index (χ1n) is 8.73. The van der Waals surface area contributed by atoms with Gasteiger partial charge in [0, 0.05) is 35.9 Å². The fourth-order valence-electron chi connectivity index (χ4n) is 2.55. The molecule has 2 aromatic carbocycles. The standard InChI is InChI=1S/C20H26FN3O2S.HI/c1-15(17-9-10-19(26-3)18(21)13-17)24-20(22-2)23-11-12-27(25)14-16-7-5-4-6-8-16;/h4-10,13,15H,11-12,14H2,1-3H3,(H2,22,23,24);1H. The number of rotatable bonds is 8. The zero-order valence-corrected chi connectivity index (χ0v) is 19.4. The van der Waals surface area contributed by atoms with Gasteiger partial charge in [-0.3, -0.25) is 9.20 Å². The second kappa shape index (κ2) is 12.7. The summed E-state index contributed by atoms with van der Waals surface area (Å²) in [6.07, 6.45) is 0. The van der Waals surface area contributed by atoms with Crippen LogP contribution in [0.15, 0.2) is 53.5 Å². The Morgan fingerprint density at radius 1 is 1.25 bits per heavy atom. The van der Waals surface area contributed by atoms with Crippen LogP contribution in [0.2, 0.25) is 0 Å². The Balaban J connectivity index is 0.00000392. The highest BCUT2D eigenvalue weighted by Gasteiger charge is 2.11. The molecule has 2 N–H and O–H groups in total. The summed E-state index contributed by atoms with van der Waals surface area (Å²) < 4.78 is 31.0. The summed E-state index contributed by atoms with van der Waals surface area (Å²) in [5, 5.41) is 6.35. The van der Waals surface area contributed by atoms with Crippen LogP contribution in [0.3, 0.4) is 0 Å². The molecule has 0 amide bonds. The third-order valence-corrected chi connectivity index (χ3v) is 5.36. The molecule has 28 heavy (non-hydrogen) atoms. The first-order chi connectivity index (χ1) is 13.0. The molecule has 0 aliphatic heterocycles. The van der Waals surface area contributed by atoms with Crippen molar-refractivity contribution in [2.24, 2.45) is 4.99 Å². The van der Waals surface area contributed by atoms with Gasteiger partial charge in [0.05, 0.1) is 13.2 Å². The van der Waals surface area contributed by atoms with E-state index >= 15 is 0 Å². The average molecular weight is 519 g/mol. The predicted molar refractivity (Wildman–Crippen MR) is 124 cm³/mol. The zero-order chi connectivity index (χ0) is 19.6. The van der Waals surface area contributed by atoms with E-state index in [4.69, 9.17) is 4.74 Å². The first kappa shape index (κ1) is 24.4. The van der Waals surface area contributed by atoms with Crippen LogP contribution in [0.25, 0.3) is 0 Å². The van der Waals surface area contributed by atoms with Crippen molar-refractivity contribution in [3.05, 3.63) is 65.5 Å². The van der Waals surface area contributed by atoms with Gasteiger partial charge in [-0.05, 0) is 30.2 Å². The minimum Gasteiger partial charge on any atom is -0.494 e. The van der Waals surface area contributed by atoms with Crippen molar-refractivity contribution in [1.82, 2.24) is 10.6 Å². The fraction of sp³-hybridized carbons (Fsp3) is 0.350. The normalized spacial score (nSPS) is 13.2. The number of hydrogen-bond acceptors (Lipinski definition) is 3. The predicted octanol–water partition coefficient (Wildman–Crippen LogP) is 3.63. The van der Waals surface area contributed by atoms with Crippen molar-refractivity contribution in [3.63, 3.8) is 0 Å². The monoisotopic (exact) mass is 519 g/mol. The van der Waals surface area contributed by atoms with E-state index in [1.165, 1.54) is 13.2 Å². The summed E-state index contributed by atoms with van der Waals surface area (Å²) in [6.45, 7) is 2.45. The highest BCUT2D eigenvalue weighted by atomic mass is 127. The fourth-order valence-corrected chi connectivity index (χ4v) is 3.59. The number of halogens is 2. The number of nitrogens with one attached hydrogen (secondary N) is 2. The maximum absolute atomic E-state index is 13.9. The molecule has 0 radical (unpaired) electrons. The highest BCUT2D eigenvalue weighted by molar-refractivity contribution is 14.0. The van der Waals surface area contributed by atoms with Crippen LogP contribution >= 0.6 is 24.0 Å². The minimum atomic E-state index is -0.954. The summed E-state index contributed by atoms with van der Waals surface area (Å²) in [6, 6.07) is 14.5. The van der Waals surface area contributed by atoms with Gasteiger partial charge in [-0.15, -0.1) is 24.0 Å². The molecule has 0 aliphatic carbocycles. The van der Waals surface area contributed by atoms with Gasteiger partial charge in [0.2, 0.25) is 0 Å². The summed E-state index contributed by atoms with van der Waals surface area (Å²) in [5.41, 5.74) is 1.84. The Morgan fingerprint density at radius 3 is 2.57 bits per heavy atom. The van der Waals surface area contributed by atoms with Crippen molar-refractivity contribution in [1.29, 1.82) is 0 Å². The zero-order valence-electron chi connectivity index (χ0n) is 16.3. The Hall–Kier alpha value is -1.68. The van der Waals surface area contributed by atoms with E-state index in [9.17, 15) is 8.60 Å². The van der Waals surface area contributed by atoms with E-state index in [-0.39, 0.29) is 35.8 Å². The smallest absolute Gasteiger partial charge is 0.191 e. The molecule has 0 saturated heterocycles. The number of ether oxygens (including phenoxy) is 1. The van der Waals surface area contributed by atoms with Crippen molar-refractivity contribution >= 4 is 40.7 Å². The second-order valence-electron chi connectivity index (χ2n) is 6.03. The highest BCUT2D eigenvalue weighted by Crippen LogP contribution is 2.21. The molecule has 0 bridgehead atoms. The first-order valence-corrected chi connectivity index (χ1v) is 10.2. The lowest BCUT2D eigenvalue weighted by atomic mass is 10.1. The third-order valence-electron chi connectivity index (χ3n) is 4.05. The van der Waals surface area contributed by atoms with Crippen LogP contribution in [0, 0.1) is 5.82 Å². The number of aliphatic imine (C=N–C) groups is 1. The summed E-state index contributed by atoms with van der Waals surface area (Å²) >= 11 is 0. The molecular weight excluding hydrogens is 492 g/mol. The molecule has 0 aromatic heterocycles. The lowest BCUT2D eigenvalue weighted by Crippen LogP contribution is -2.40. The number of hydrogen-bond donors (Lipinski definition) is 2. The molecule has 0 heterocycles. The van der Waals surface area contributed by atoms with E-state index in [1.54, 1.807) is 13.1 Å². The SMILES string of the molecule is CN=C(NCCS(=O)Cc1ccccc1)NC(C)c1ccc(OC)c(F)c1.I. The summed E-state index contributed by atoms with van der Waals surface area (Å²) in [5.74, 6) is 1.45. The Morgan fingerprint density at radius 2 is 1.96 bits per heavy atom. The Bertz CT molecular complexity index is 790. The quantitative estimate of drug-likeness (QED) is 0.318. The van der Waals surface area contributed by atoms with Crippen LogP contribution in [0.4, 0.5) is 4.39 Å². The Labute approximate surface area is 185 Å². The van der Waals surface area contributed by atoms with Crippen LogP contribution in [0.1, 0.15) is 24.1 Å². The number of nitrogens with zero attached hydrogens (tertiary/aromatic N) is 1. The molecule has 2 unspecified atom stereocenters. The van der Waals surface area contributed by atoms with Gasteiger partial charge in [0.25, 0.3) is 0 Å². The van der Waals surface area contributed by atoms with Gasteiger partial charge in [0.1, 0.15) is 0 Å². The molecule has 0 spiro atoms. The molecule has 0 saturated carbocycles. The molecular formula is C20H27FIN3O2S.